The first-order valence-electron chi connectivity index (χ1n) is 9.35. The average molecular weight is 362 g/mol. The normalized spacial score (nSPS) is 25.8. The predicted molar refractivity (Wildman–Crippen MR) is 99.2 cm³/mol. The lowest BCUT2D eigenvalue weighted by Crippen LogP contribution is -2.52. The number of aromatic nitrogens is 2. The van der Waals surface area contributed by atoms with Crippen LogP contribution in [0, 0.1) is 6.92 Å². The van der Waals surface area contributed by atoms with Crippen LogP contribution in [-0.2, 0) is 16.1 Å². The zero-order valence-electron chi connectivity index (χ0n) is 15.9. The van der Waals surface area contributed by atoms with Gasteiger partial charge in [0, 0.05) is 18.4 Å². The monoisotopic (exact) mass is 362 g/mol. The summed E-state index contributed by atoms with van der Waals surface area (Å²) in [4.78, 5) is 23.2. The molecule has 0 spiro atoms. The molecule has 0 radical (unpaired) electrons. The van der Waals surface area contributed by atoms with Crippen LogP contribution in [0.15, 0.2) is 24.6 Å². The summed E-state index contributed by atoms with van der Waals surface area (Å²) in [6, 6.07) is 1.68. The number of rotatable bonds is 4. The third kappa shape index (κ3) is 5.51. The molecule has 1 aromatic heterocycles. The number of hydrogen-bond donors (Lipinski definition) is 2. The van der Waals surface area contributed by atoms with Crippen molar-refractivity contribution in [2.45, 2.75) is 64.8 Å². The molecular formula is C19H30N4O3. The van der Waals surface area contributed by atoms with Gasteiger partial charge in [-0.1, -0.05) is 20.4 Å². The van der Waals surface area contributed by atoms with Gasteiger partial charge in [-0.25, -0.2) is 9.97 Å². The van der Waals surface area contributed by atoms with Gasteiger partial charge in [-0.3, -0.25) is 9.69 Å². The smallest absolute Gasteiger partial charge is 0.262 e. The van der Waals surface area contributed by atoms with E-state index in [1.165, 1.54) is 0 Å². The van der Waals surface area contributed by atoms with E-state index in [4.69, 9.17) is 4.74 Å². The van der Waals surface area contributed by atoms with E-state index in [-0.39, 0.29) is 11.9 Å². The molecule has 3 atom stereocenters. The molecule has 2 heterocycles. The van der Waals surface area contributed by atoms with Gasteiger partial charge in [0.25, 0.3) is 5.91 Å². The molecule has 0 aromatic carbocycles. The lowest BCUT2D eigenvalue weighted by Gasteiger charge is -2.34. The van der Waals surface area contributed by atoms with Crippen molar-refractivity contribution in [3.8, 4) is 0 Å². The second-order valence-corrected chi connectivity index (χ2v) is 6.54. The summed E-state index contributed by atoms with van der Waals surface area (Å²) in [6.07, 6.45) is 3.13. The molecule has 26 heavy (non-hydrogen) atoms. The number of aliphatic hydroxyl groups is 1. The lowest BCUT2D eigenvalue weighted by atomic mass is 10.2. The average Bonchev–Trinajstić information content (AvgIpc) is 3.01. The number of carbonyl (C=O) groups is 1. The summed E-state index contributed by atoms with van der Waals surface area (Å²) in [5.41, 5.74) is 0.914. The zero-order valence-corrected chi connectivity index (χ0v) is 15.9. The summed E-state index contributed by atoms with van der Waals surface area (Å²) in [7, 11) is 0. The second kappa shape index (κ2) is 9.64. The minimum Gasteiger partial charge on any atom is -0.483 e. The van der Waals surface area contributed by atoms with Crippen molar-refractivity contribution in [3.05, 3.63) is 36.1 Å². The van der Waals surface area contributed by atoms with Crippen molar-refractivity contribution < 1.29 is 14.6 Å². The molecule has 7 nitrogen and oxygen atoms in total. The molecular weight excluding hydrogens is 332 g/mol. The van der Waals surface area contributed by atoms with E-state index < -0.39 is 12.2 Å². The van der Waals surface area contributed by atoms with Gasteiger partial charge in [-0.05, 0) is 32.3 Å². The van der Waals surface area contributed by atoms with E-state index in [0.717, 1.165) is 30.8 Å². The van der Waals surface area contributed by atoms with Crippen LogP contribution in [0.25, 0.3) is 0 Å². The molecule has 2 fully saturated rings. The van der Waals surface area contributed by atoms with Crippen LogP contribution in [0.5, 0.6) is 0 Å². The number of nitrogens with one attached hydrogen (secondary N) is 1. The van der Waals surface area contributed by atoms with E-state index in [0.29, 0.717) is 25.4 Å². The Morgan fingerprint density at radius 2 is 2.23 bits per heavy atom. The van der Waals surface area contributed by atoms with E-state index in [2.05, 4.69) is 26.8 Å². The van der Waals surface area contributed by atoms with Crippen molar-refractivity contribution in [1.29, 1.82) is 0 Å². The van der Waals surface area contributed by atoms with Gasteiger partial charge < -0.3 is 15.2 Å². The van der Waals surface area contributed by atoms with Crippen LogP contribution in [0.2, 0.25) is 0 Å². The number of carbonyl (C=O) groups excluding carboxylic acids is 1. The fraction of sp³-hybridized carbons (Fsp3) is 0.632. The van der Waals surface area contributed by atoms with Crippen LogP contribution < -0.4 is 5.32 Å². The molecule has 1 aliphatic heterocycles. The van der Waals surface area contributed by atoms with E-state index in [1.807, 2.05) is 26.8 Å². The number of nitrogens with zero attached hydrogens (tertiary/aromatic N) is 3. The number of ether oxygens (including phenoxy) is 1. The van der Waals surface area contributed by atoms with Crippen LogP contribution >= 0.6 is 0 Å². The molecule has 1 amide bonds. The second-order valence-electron chi connectivity index (χ2n) is 6.54. The Kier molecular flexibility index (Phi) is 7.53. The van der Waals surface area contributed by atoms with Crippen molar-refractivity contribution in [2.75, 3.05) is 13.1 Å². The van der Waals surface area contributed by atoms with Crippen LogP contribution in [0.3, 0.4) is 0 Å². The Balaban J connectivity index is 0.00000117. The van der Waals surface area contributed by atoms with Gasteiger partial charge in [0.05, 0.1) is 25.2 Å². The standard InChI is InChI=1S/C17H24N4O3.C2H6/c1-11-6-7-18-16(19-11)10-21-8-12(2)24-15(9-21)17(23)20-13-4-3-5-14(13)22;1-2/h6-7,13-15,22H,2-5,8-10H2,1H3,(H,20,23);1-2H3. The number of amides is 1. The minimum absolute atomic E-state index is 0.176. The molecule has 3 unspecified atom stereocenters. The van der Waals surface area contributed by atoms with Gasteiger partial charge in [0.1, 0.15) is 11.6 Å². The number of hydrogen-bond acceptors (Lipinski definition) is 6. The van der Waals surface area contributed by atoms with Gasteiger partial charge in [-0.15, -0.1) is 0 Å². The lowest BCUT2D eigenvalue weighted by molar-refractivity contribution is -0.135. The molecule has 1 saturated heterocycles. The highest BCUT2D eigenvalue weighted by Crippen LogP contribution is 2.20. The molecule has 7 heteroatoms. The van der Waals surface area contributed by atoms with Gasteiger partial charge in [-0.2, -0.15) is 0 Å². The highest BCUT2D eigenvalue weighted by molar-refractivity contribution is 5.81. The first kappa shape index (κ1) is 20.3. The maximum absolute atomic E-state index is 12.5. The Morgan fingerprint density at radius 1 is 1.46 bits per heavy atom. The maximum Gasteiger partial charge on any atom is 0.262 e. The number of aryl methyl sites for hydroxylation is 1. The molecule has 1 aromatic rings. The van der Waals surface area contributed by atoms with Gasteiger partial charge in [0.2, 0.25) is 0 Å². The van der Waals surface area contributed by atoms with E-state index in [9.17, 15) is 9.90 Å². The molecule has 2 N–H and O–H groups in total. The van der Waals surface area contributed by atoms with Crippen molar-refractivity contribution in [2.24, 2.45) is 0 Å². The maximum atomic E-state index is 12.5. The van der Waals surface area contributed by atoms with Crippen molar-refractivity contribution >= 4 is 5.91 Å². The first-order valence-corrected chi connectivity index (χ1v) is 9.35. The van der Waals surface area contributed by atoms with Gasteiger partial charge >= 0.3 is 0 Å². The highest BCUT2D eigenvalue weighted by atomic mass is 16.5. The third-order valence-corrected chi connectivity index (χ3v) is 4.44. The minimum atomic E-state index is -0.621. The quantitative estimate of drug-likeness (QED) is 0.845. The summed E-state index contributed by atoms with van der Waals surface area (Å²) in [5.74, 6) is 1.08. The van der Waals surface area contributed by atoms with Gasteiger partial charge in [0.15, 0.2) is 6.10 Å². The molecule has 0 bridgehead atoms. The SMILES string of the molecule is C=C1CN(Cc2nccc(C)n2)CC(C(=O)NC2CCCC2O)O1.CC. The molecule has 1 aliphatic carbocycles. The molecule has 3 rings (SSSR count). The van der Waals surface area contributed by atoms with Crippen LogP contribution in [0.1, 0.15) is 44.6 Å². The van der Waals surface area contributed by atoms with Crippen LogP contribution in [-0.4, -0.2) is 57.2 Å². The number of aliphatic hydroxyl groups excluding tert-OH is 1. The topological polar surface area (TPSA) is 87.6 Å². The zero-order chi connectivity index (χ0) is 19.1. The van der Waals surface area contributed by atoms with E-state index >= 15 is 0 Å². The molecule has 1 saturated carbocycles. The Morgan fingerprint density at radius 3 is 2.88 bits per heavy atom. The van der Waals surface area contributed by atoms with E-state index in [1.54, 1.807) is 6.20 Å². The highest BCUT2D eigenvalue weighted by Gasteiger charge is 2.33. The van der Waals surface area contributed by atoms with Crippen molar-refractivity contribution in [1.82, 2.24) is 20.2 Å². The van der Waals surface area contributed by atoms with Crippen LogP contribution in [0.4, 0.5) is 0 Å². The summed E-state index contributed by atoms with van der Waals surface area (Å²) < 4.78 is 5.61. The predicted octanol–water partition coefficient (Wildman–Crippen LogP) is 1.56. The largest absolute Gasteiger partial charge is 0.483 e. The number of morpholine rings is 1. The molecule has 2 aliphatic rings. The molecule has 144 valence electrons. The third-order valence-electron chi connectivity index (χ3n) is 4.44. The first-order chi connectivity index (χ1) is 12.5. The summed E-state index contributed by atoms with van der Waals surface area (Å²) in [5, 5.41) is 12.8. The summed E-state index contributed by atoms with van der Waals surface area (Å²) in [6.45, 7) is 11.3. The Labute approximate surface area is 155 Å². The Hall–Kier alpha value is -1.99. The van der Waals surface area contributed by atoms with Crippen molar-refractivity contribution in [3.63, 3.8) is 0 Å². The summed E-state index contributed by atoms with van der Waals surface area (Å²) >= 11 is 0. The Bertz CT molecular complexity index is 623. The fourth-order valence-electron chi connectivity index (χ4n) is 3.24. The fourth-order valence-corrected chi connectivity index (χ4v) is 3.24.